The molecule has 0 aromatic rings. The van der Waals surface area contributed by atoms with Gasteiger partial charge in [0.15, 0.2) is 0 Å². The summed E-state index contributed by atoms with van der Waals surface area (Å²) in [6, 6.07) is 0. The van der Waals surface area contributed by atoms with E-state index in [1.165, 1.54) is 0 Å². The number of amides is 1. The van der Waals surface area contributed by atoms with Gasteiger partial charge in [0.05, 0.1) is 6.10 Å². The third kappa shape index (κ3) is 2.95. The smallest absolute Gasteiger partial charge is 0.223 e. The van der Waals surface area contributed by atoms with Gasteiger partial charge in [-0.25, -0.2) is 0 Å². The SMILES string of the molecule is CCN(CC1CCCO1)C(=O)CC1CNC1. The predicted octanol–water partition coefficient (Wildman–Crippen LogP) is 0.623. The van der Waals surface area contributed by atoms with Gasteiger partial charge in [0.2, 0.25) is 5.91 Å². The molecule has 0 spiro atoms. The molecule has 0 bridgehead atoms. The summed E-state index contributed by atoms with van der Waals surface area (Å²) in [5.74, 6) is 0.857. The monoisotopic (exact) mass is 226 g/mol. The zero-order chi connectivity index (χ0) is 11.4. The largest absolute Gasteiger partial charge is 0.376 e. The normalized spacial score (nSPS) is 25.4. The molecule has 0 aromatic carbocycles. The van der Waals surface area contributed by atoms with Crippen LogP contribution < -0.4 is 5.32 Å². The minimum absolute atomic E-state index is 0.281. The molecule has 0 radical (unpaired) electrons. The van der Waals surface area contributed by atoms with Crippen molar-refractivity contribution in [2.24, 2.45) is 5.92 Å². The van der Waals surface area contributed by atoms with Crippen molar-refractivity contribution >= 4 is 5.91 Å². The lowest BCUT2D eigenvalue weighted by atomic mass is 9.98. The molecular weight excluding hydrogens is 204 g/mol. The summed E-state index contributed by atoms with van der Waals surface area (Å²) in [7, 11) is 0. The third-order valence-electron chi connectivity index (χ3n) is 3.51. The van der Waals surface area contributed by atoms with E-state index in [0.29, 0.717) is 18.2 Å². The van der Waals surface area contributed by atoms with E-state index in [1.54, 1.807) is 0 Å². The van der Waals surface area contributed by atoms with Crippen molar-refractivity contribution in [1.29, 1.82) is 0 Å². The number of ether oxygens (including phenoxy) is 1. The Balaban J connectivity index is 1.75. The van der Waals surface area contributed by atoms with Gasteiger partial charge in [-0.3, -0.25) is 4.79 Å². The zero-order valence-corrected chi connectivity index (χ0v) is 10.1. The van der Waals surface area contributed by atoms with E-state index in [1.807, 2.05) is 11.8 Å². The molecule has 2 heterocycles. The Morgan fingerprint density at radius 3 is 2.81 bits per heavy atom. The molecule has 1 unspecified atom stereocenters. The summed E-state index contributed by atoms with van der Waals surface area (Å²) in [5, 5.41) is 3.20. The van der Waals surface area contributed by atoms with Gasteiger partial charge in [-0.15, -0.1) is 0 Å². The molecule has 1 atom stereocenters. The van der Waals surface area contributed by atoms with Crippen molar-refractivity contribution in [2.45, 2.75) is 32.3 Å². The fourth-order valence-corrected chi connectivity index (χ4v) is 2.31. The minimum atomic E-state index is 0.281. The summed E-state index contributed by atoms with van der Waals surface area (Å²) in [6.45, 7) is 6.51. The van der Waals surface area contributed by atoms with E-state index in [9.17, 15) is 4.79 Å². The Labute approximate surface area is 97.3 Å². The van der Waals surface area contributed by atoms with Gasteiger partial charge in [0, 0.05) is 26.1 Å². The summed E-state index contributed by atoms with van der Waals surface area (Å²) >= 11 is 0. The van der Waals surface area contributed by atoms with Crippen LogP contribution in [0, 0.1) is 5.92 Å². The van der Waals surface area contributed by atoms with Crippen molar-refractivity contribution in [3.8, 4) is 0 Å². The van der Waals surface area contributed by atoms with Crippen molar-refractivity contribution in [3.63, 3.8) is 0 Å². The third-order valence-corrected chi connectivity index (χ3v) is 3.51. The first-order valence-corrected chi connectivity index (χ1v) is 6.39. The average molecular weight is 226 g/mol. The highest BCUT2D eigenvalue weighted by Crippen LogP contribution is 2.15. The molecule has 0 aromatic heterocycles. The molecule has 4 nitrogen and oxygen atoms in total. The van der Waals surface area contributed by atoms with Crippen LogP contribution in [0.2, 0.25) is 0 Å². The van der Waals surface area contributed by atoms with Crippen LogP contribution in [0.15, 0.2) is 0 Å². The number of nitrogens with zero attached hydrogens (tertiary/aromatic N) is 1. The van der Waals surface area contributed by atoms with E-state index in [-0.39, 0.29) is 6.10 Å². The molecule has 2 rings (SSSR count). The maximum absolute atomic E-state index is 12.0. The summed E-state index contributed by atoms with van der Waals surface area (Å²) in [6.07, 6.45) is 3.23. The molecule has 2 aliphatic heterocycles. The molecule has 0 aliphatic carbocycles. The number of rotatable bonds is 5. The summed E-state index contributed by atoms with van der Waals surface area (Å²) in [4.78, 5) is 14.0. The number of hydrogen-bond donors (Lipinski definition) is 1. The number of nitrogens with one attached hydrogen (secondary N) is 1. The van der Waals surface area contributed by atoms with Crippen LogP contribution in [0.1, 0.15) is 26.2 Å². The van der Waals surface area contributed by atoms with Crippen molar-refractivity contribution in [3.05, 3.63) is 0 Å². The maximum Gasteiger partial charge on any atom is 0.223 e. The fraction of sp³-hybridized carbons (Fsp3) is 0.917. The van der Waals surface area contributed by atoms with Crippen molar-refractivity contribution in [2.75, 3.05) is 32.8 Å². The highest BCUT2D eigenvalue weighted by molar-refractivity contribution is 5.76. The lowest BCUT2D eigenvalue weighted by molar-refractivity contribution is -0.133. The number of hydrogen-bond acceptors (Lipinski definition) is 3. The molecule has 1 amide bonds. The quantitative estimate of drug-likeness (QED) is 0.747. The minimum Gasteiger partial charge on any atom is -0.376 e. The first-order valence-electron chi connectivity index (χ1n) is 6.39. The standard InChI is InChI=1S/C12H22N2O2/c1-2-14(9-11-4-3-5-16-11)12(15)6-10-7-13-8-10/h10-11,13H,2-9H2,1H3. The fourth-order valence-electron chi connectivity index (χ4n) is 2.31. The zero-order valence-electron chi connectivity index (χ0n) is 10.1. The highest BCUT2D eigenvalue weighted by Gasteiger charge is 2.25. The summed E-state index contributed by atoms with van der Waals surface area (Å²) in [5.41, 5.74) is 0. The Bertz CT molecular complexity index is 235. The van der Waals surface area contributed by atoms with Crippen LogP contribution >= 0.6 is 0 Å². The van der Waals surface area contributed by atoms with E-state index in [2.05, 4.69) is 5.32 Å². The van der Waals surface area contributed by atoms with Gasteiger partial charge in [0.25, 0.3) is 0 Å². The Kier molecular flexibility index (Phi) is 4.18. The van der Waals surface area contributed by atoms with Gasteiger partial charge in [-0.05, 0) is 38.8 Å². The number of likely N-dealkylation sites (N-methyl/N-ethyl adjacent to an activating group) is 1. The molecule has 2 aliphatic rings. The van der Waals surface area contributed by atoms with Gasteiger partial charge in [0.1, 0.15) is 0 Å². The van der Waals surface area contributed by atoms with E-state index in [0.717, 1.165) is 45.6 Å². The second-order valence-electron chi connectivity index (χ2n) is 4.80. The van der Waals surface area contributed by atoms with Gasteiger partial charge < -0.3 is 15.0 Å². The molecule has 16 heavy (non-hydrogen) atoms. The van der Waals surface area contributed by atoms with E-state index >= 15 is 0 Å². The molecular formula is C12H22N2O2. The highest BCUT2D eigenvalue weighted by atomic mass is 16.5. The van der Waals surface area contributed by atoms with Crippen LogP contribution in [0.25, 0.3) is 0 Å². The molecule has 0 saturated carbocycles. The summed E-state index contributed by atoms with van der Waals surface area (Å²) < 4.78 is 5.57. The van der Waals surface area contributed by atoms with Gasteiger partial charge in [-0.1, -0.05) is 0 Å². The molecule has 2 fully saturated rings. The predicted molar refractivity (Wildman–Crippen MR) is 62.2 cm³/mol. The van der Waals surface area contributed by atoms with Crippen LogP contribution in [0.5, 0.6) is 0 Å². The van der Waals surface area contributed by atoms with E-state index < -0.39 is 0 Å². The molecule has 1 N–H and O–H groups in total. The van der Waals surface area contributed by atoms with Gasteiger partial charge >= 0.3 is 0 Å². The Morgan fingerprint density at radius 1 is 1.50 bits per heavy atom. The number of carbonyl (C=O) groups is 1. The van der Waals surface area contributed by atoms with Crippen molar-refractivity contribution < 1.29 is 9.53 Å². The molecule has 92 valence electrons. The van der Waals surface area contributed by atoms with Crippen LogP contribution in [-0.2, 0) is 9.53 Å². The topological polar surface area (TPSA) is 41.6 Å². The van der Waals surface area contributed by atoms with Crippen LogP contribution in [0.3, 0.4) is 0 Å². The Morgan fingerprint density at radius 2 is 2.31 bits per heavy atom. The van der Waals surface area contributed by atoms with E-state index in [4.69, 9.17) is 4.74 Å². The van der Waals surface area contributed by atoms with Crippen LogP contribution in [-0.4, -0.2) is 49.7 Å². The lowest BCUT2D eigenvalue weighted by Gasteiger charge is -2.30. The van der Waals surface area contributed by atoms with Crippen LogP contribution in [0.4, 0.5) is 0 Å². The second kappa shape index (κ2) is 5.64. The van der Waals surface area contributed by atoms with Gasteiger partial charge in [-0.2, -0.15) is 0 Å². The first-order chi connectivity index (χ1) is 7.79. The lowest BCUT2D eigenvalue weighted by Crippen LogP contribution is -2.46. The maximum atomic E-state index is 12.0. The Hall–Kier alpha value is -0.610. The number of carbonyl (C=O) groups excluding carboxylic acids is 1. The first kappa shape index (κ1) is 11.9. The average Bonchev–Trinajstić information content (AvgIpc) is 2.72. The second-order valence-corrected chi connectivity index (χ2v) is 4.80. The van der Waals surface area contributed by atoms with Crippen molar-refractivity contribution in [1.82, 2.24) is 10.2 Å². The molecule has 2 saturated heterocycles. The molecule has 4 heteroatoms.